The third-order valence-corrected chi connectivity index (χ3v) is 3.03. The van der Waals surface area contributed by atoms with Crippen molar-refractivity contribution in [2.45, 2.75) is 16.7 Å². The van der Waals surface area contributed by atoms with E-state index in [1.54, 1.807) is 12.1 Å². The normalized spacial score (nSPS) is 16.5. The van der Waals surface area contributed by atoms with Crippen molar-refractivity contribution < 1.29 is 8.78 Å². The summed E-state index contributed by atoms with van der Waals surface area (Å²) in [6, 6.07) is 7.54. The molecule has 0 atom stereocenters. The SMILES string of the molecule is FC(F)Sc1ccccc1NC1CNC1. The molecule has 0 spiro atoms. The number of para-hydroxylation sites is 1. The molecule has 0 amide bonds. The summed E-state index contributed by atoms with van der Waals surface area (Å²) in [6.07, 6.45) is 0. The van der Waals surface area contributed by atoms with Crippen LogP contribution < -0.4 is 10.6 Å². The fraction of sp³-hybridized carbons (Fsp3) is 0.400. The fourth-order valence-electron chi connectivity index (χ4n) is 1.40. The lowest BCUT2D eigenvalue weighted by molar-refractivity contribution is 0.252. The van der Waals surface area contributed by atoms with Crippen LogP contribution in [0.3, 0.4) is 0 Å². The van der Waals surface area contributed by atoms with E-state index in [-0.39, 0.29) is 0 Å². The smallest absolute Gasteiger partial charge is 0.288 e. The molecule has 2 nitrogen and oxygen atoms in total. The minimum absolute atomic E-state index is 0.365. The van der Waals surface area contributed by atoms with Crippen LogP contribution >= 0.6 is 11.8 Å². The topological polar surface area (TPSA) is 24.1 Å². The number of benzene rings is 1. The van der Waals surface area contributed by atoms with E-state index in [0.29, 0.717) is 22.7 Å². The van der Waals surface area contributed by atoms with Crippen molar-refractivity contribution in [3.63, 3.8) is 0 Å². The molecule has 2 N–H and O–H groups in total. The first-order chi connectivity index (χ1) is 7.25. The van der Waals surface area contributed by atoms with Gasteiger partial charge in [-0.05, 0) is 12.1 Å². The van der Waals surface area contributed by atoms with E-state index in [4.69, 9.17) is 0 Å². The van der Waals surface area contributed by atoms with E-state index in [1.807, 2.05) is 12.1 Å². The van der Waals surface area contributed by atoms with Crippen LogP contribution in [0.15, 0.2) is 29.2 Å². The van der Waals surface area contributed by atoms with Gasteiger partial charge < -0.3 is 10.6 Å². The quantitative estimate of drug-likeness (QED) is 0.777. The highest BCUT2D eigenvalue weighted by molar-refractivity contribution is 7.99. The molecular weight excluding hydrogens is 218 g/mol. The molecule has 0 bridgehead atoms. The Morgan fingerprint density at radius 3 is 2.67 bits per heavy atom. The molecule has 15 heavy (non-hydrogen) atoms. The van der Waals surface area contributed by atoms with Crippen molar-refractivity contribution in [1.82, 2.24) is 5.32 Å². The molecule has 1 aliphatic rings. The lowest BCUT2D eigenvalue weighted by Crippen LogP contribution is -2.51. The Kier molecular flexibility index (Phi) is 3.43. The molecule has 1 saturated heterocycles. The molecule has 82 valence electrons. The minimum Gasteiger partial charge on any atom is -0.379 e. The maximum Gasteiger partial charge on any atom is 0.288 e. The van der Waals surface area contributed by atoms with Crippen LogP contribution in [0, 0.1) is 0 Å². The highest BCUT2D eigenvalue weighted by Gasteiger charge is 2.18. The van der Waals surface area contributed by atoms with E-state index >= 15 is 0 Å². The average Bonchev–Trinajstić information content (AvgIpc) is 2.13. The molecular formula is C10H12F2N2S. The van der Waals surface area contributed by atoms with Crippen molar-refractivity contribution in [2.75, 3.05) is 18.4 Å². The third kappa shape index (κ3) is 2.82. The molecule has 0 saturated carbocycles. The Morgan fingerprint density at radius 2 is 2.07 bits per heavy atom. The molecule has 1 aliphatic heterocycles. The van der Waals surface area contributed by atoms with Gasteiger partial charge in [0, 0.05) is 23.7 Å². The molecule has 0 aromatic heterocycles. The summed E-state index contributed by atoms with van der Waals surface area (Å²) >= 11 is 0.585. The van der Waals surface area contributed by atoms with E-state index < -0.39 is 5.76 Å². The van der Waals surface area contributed by atoms with Gasteiger partial charge in [-0.1, -0.05) is 23.9 Å². The van der Waals surface area contributed by atoms with Gasteiger partial charge in [0.15, 0.2) is 0 Å². The zero-order valence-electron chi connectivity index (χ0n) is 8.04. The van der Waals surface area contributed by atoms with Crippen LogP contribution in [0.4, 0.5) is 14.5 Å². The summed E-state index contributed by atoms with van der Waals surface area (Å²) in [6.45, 7) is 1.79. The van der Waals surface area contributed by atoms with Gasteiger partial charge in [-0.2, -0.15) is 8.78 Å². The number of nitrogens with one attached hydrogen (secondary N) is 2. The zero-order chi connectivity index (χ0) is 10.7. The molecule has 0 aliphatic carbocycles. The molecule has 5 heteroatoms. The van der Waals surface area contributed by atoms with Crippen LogP contribution in [-0.4, -0.2) is 24.9 Å². The zero-order valence-corrected chi connectivity index (χ0v) is 8.86. The first-order valence-electron chi connectivity index (χ1n) is 4.77. The van der Waals surface area contributed by atoms with Crippen LogP contribution in [0.25, 0.3) is 0 Å². The maximum absolute atomic E-state index is 12.3. The Bertz CT molecular complexity index is 329. The van der Waals surface area contributed by atoms with Crippen molar-refractivity contribution in [3.05, 3.63) is 24.3 Å². The number of halogens is 2. The molecule has 1 heterocycles. The monoisotopic (exact) mass is 230 g/mol. The highest BCUT2D eigenvalue weighted by atomic mass is 32.2. The Morgan fingerprint density at radius 1 is 1.33 bits per heavy atom. The molecule has 0 radical (unpaired) electrons. The molecule has 2 rings (SSSR count). The Balaban J connectivity index is 2.06. The molecule has 1 aromatic rings. The predicted molar refractivity (Wildman–Crippen MR) is 58.6 cm³/mol. The van der Waals surface area contributed by atoms with Crippen LogP contribution in [-0.2, 0) is 0 Å². The number of thioether (sulfide) groups is 1. The molecule has 1 aromatic carbocycles. The number of hydrogen-bond acceptors (Lipinski definition) is 3. The van der Waals surface area contributed by atoms with E-state index in [2.05, 4.69) is 10.6 Å². The summed E-state index contributed by atoms with van der Waals surface area (Å²) in [7, 11) is 0. The van der Waals surface area contributed by atoms with Gasteiger partial charge in [-0.15, -0.1) is 0 Å². The number of rotatable bonds is 4. The molecule has 1 fully saturated rings. The van der Waals surface area contributed by atoms with Gasteiger partial charge in [0.2, 0.25) is 0 Å². The first-order valence-corrected chi connectivity index (χ1v) is 5.65. The van der Waals surface area contributed by atoms with Crippen molar-refractivity contribution in [3.8, 4) is 0 Å². The lowest BCUT2D eigenvalue weighted by atomic mass is 10.1. The number of anilines is 1. The minimum atomic E-state index is -2.37. The Hall–Kier alpha value is -0.810. The number of hydrogen-bond donors (Lipinski definition) is 2. The maximum atomic E-state index is 12.3. The second kappa shape index (κ2) is 4.81. The number of alkyl halides is 2. The second-order valence-electron chi connectivity index (χ2n) is 3.37. The summed E-state index contributed by atoms with van der Waals surface area (Å²) in [4.78, 5) is 0.611. The van der Waals surface area contributed by atoms with E-state index in [0.717, 1.165) is 18.8 Å². The van der Waals surface area contributed by atoms with Crippen molar-refractivity contribution >= 4 is 17.4 Å². The van der Waals surface area contributed by atoms with Gasteiger partial charge >= 0.3 is 0 Å². The lowest BCUT2D eigenvalue weighted by Gasteiger charge is -2.29. The summed E-state index contributed by atoms with van der Waals surface area (Å²) < 4.78 is 24.5. The molecule has 0 unspecified atom stereocenters. The summed E-state index contributed by atoms with van der Waals surface area (Å²) in [5.41, 5.74) is 0.800. The van der Waals surface area contributed by atoms with E-state index in [9.17, 15) is 8.78 Å². The first kappa shape index (κ1) is 10.7. The summed E-state index contributed by atoms with van der Waals surface area (Å²) in [5.74, 6) is -2.37. The van der Waals surface area contributed by atoms with Gasteiger partial charge in [-0.25, -0.2) is 0 Å². The average molecular weight is 230 g/mol. The fourth-order valence-corrected chi connectivity index (χ4v) is 2.00. The Labute approximate surface area is 91.4 Å². The van der Waals surface area contributed by atoms with Crippen molar-refractivity contribution in [2.24, 2.45) is 0 Å². The largest absolute Gasteiger partial charge is 0.379 e. The van der Waals surface area contributed by atoms with Gasteiger partial charge in [0.25, 0.3) is 5.76 Å². The van der Waals surface area contributed by atoms with Crippen LogP contribution in [0.1, 0.15) is 0 Å². The van der Waals surface area contributed by atoms with Gasteiger partial charge in [0.05, 0.1) is 6.04 Å². The van der Waals surface area contributed by atoms with E-state index in [1.165, 1.54) is 0 Å². The van der Waals surface area contributed by atoms with Crippen LogP contribution in [0.2, 0.25) is 0 Å². The second-order valence-corrected chi connectivity index (χ2v) is 4.41. The summed E-state index contributed by atoms with van der Waals surface area (Å²) in [5, 5.41) is 6.36. The van der Waals surface area contributed by atoms with Crippen molar-refractivity contribution in [1.29, 1.82) is 0 Å². The van der Waals surface area contributed by atoms with Gasteiger partial charge in [-0.3, -0.25) is 0 Å². The van der Waals surface area contributed by atoms with Gasteiger partial charge in [0.1, 0.15) is 0 Å². The standard InChI is InChI=1S/C10H12F2N2S/c11-10(12)15-9-4-2-1-3-8(9)14-7-5-13-6-7/h1-4,7,10,13-14H,5-6H2. The third-order valence-electron chi connectivity index (χ3n) is 2.24. The predicted octanol–water partition coefficient (Wildman–Crippen LogP) is 2.38. The highest BCUT2D eigenvalue weighted by Crippen LogP contribution is 2.32. The van der Waals surface area contributed by atoms with Crippen LogP contribution in [0.5, 0.6) is 0 Å².